The van der Waals surface area contributed by atoms with Gasteiger partial charge in [0.05, 0.1) is 0 Å². The van der Waals surface area contributed by atoms with Crippen molar-refractivity contribution in [2.45, 2.75) is 85.5 Å². The third-order valence-corrected chi connectivity index (χ3v) is 15.3. The van der Waals surface area contributed by atoms with E-state index in [1.165, 1.54) is 38.9 Å². The van der Waals surface area contributed by atoms with Gasteiger partial charge in [0, 0.05) is 0 Å². The summed E-state index contributed by atoms with van der Waals surface area (Å²) in [6.07, 6.45) is 10.4. The average molecular weight is 637 g/mol. The van der Waals surface area contributed by atoms with Gasteiger partial charge in [0.1, 0.15) is 0 Å². The molecule has 204 valence electrons. The third-order valence-electron chi connectivity index (χ3n) is 8.19. The monoisotopic (exact) mass is 634 g/mol. The van der Waals surface area contributed by atoms with E-state index in [0.717, 1.165) is 19.3 Å². The molecule has 3 heteroatoms. The second kappa shape index (κ2) is 12.1. The zero-order valence-electron chi connectivity index (χ0n) is 24.8. The first-order valence-electron chi connectivity index (χ1n) is 13.9. The molecule has 2 aliphatic rings. The molecule has 0 saturated heterocycles. The van der Waals surface area contributed by atoms with Gasteiger partial charge in [-0.15, -0.1) is 0 Å². The van der Waals surface area contributed by atoms with Crippen LogP contribution in [0.25, 0.3) is 11.1 Å². The van der Waals surface area contributed by atoms with E-state index in [1.54, 1.807) is 17.7 Å². The van der Waals surface area contributed by atoms with Crippen molar-refractivity contribution in [2.24, 2.45) is 0 Å². The molecule has 0 atom stereocenters. The van der Waals surface area contributed by atoms with Crippen molar-refractivity contribution in [1.82, 2.24) is 0 Å². The fourth-order valence-corrected chi connectivity index (χ4v) is 13.6. The Labute approximate surface area is 257 Å². The molecule has 0 fully saturated rings. The quantitative estimate of drug-likeness (QED) is 0.324. The minimum atomic E-state index is -2.28. The Morgan fingerprint density at radius 1 is 0.821 bits per heavy atom. The number of fused-ring (bicyclic) bond motifs is 3. The minimum absolute atomic E-state index is 0. The fraction of sp³-hybridized carbons (Fsp3) is 0.361. The van der Waals surface area contributed by atoms with Crippen molar-refractivity contribution in [3.05, 3.63) is 109 Å². The molecular weight excluding hydrogens is 595 g/mol. The van der Waals surface area contributed by atoms with E-state index in [-0.39, 0.29) is 35.6 Å². The summed E-state index contributed by atoms with van der Waals surface area (Å²) in [6.45, 7) is 19.0. The van der Waals surface area contributed by atoms with E-state index in [9.17, 15) is 0 Å². The zero-order valence-corrected chi connectivity index (χ0v) is 28.8. The molecule has 2 aliphatic carbocycles. The number of aryl methyl sites for hydroxylation is 1. The fourth-order valence-electron chi connectivity index (χ4n) is 6.44. The first kappa shape index (κ1) is 32.0. The van der Waals surface area contributed by atoms with Gasteiger partial charge >= 0.3 is 234 Å². The summed E-state index contributed by atoms with van der Waals surface area (Å²) >= 11 is -2.28. The zero-order chi connectivity index (χ0) is 26.5. The second-order valence-corrected chi connectivity index (χ2v) is 18.9. The molecule has 0 radical (unpaired) electrons. The largest absolute Gasteiger partial charge is 1.00 e. The molecule has 0 bridgehead atoms. The first-order valence-corrected chi connectivity index (χ1v) is 17.7. The van der Waals surface area contributed by atoms with Crippen molar-refractivity contribution >= 4 is 6.98 Å². The number of halogens is 2. The maximum Gasteiger partial charge on any atom is -1.00 e. The molecule has 0 unspecified atom stereocenters. The molecule has 0 heterocycles. The summed E-state index contributed by atoms with van der Waals surface area (Å²) in [4.78, 5) is 0. The Morgan fingerprint density at radius 3 is 2.05 bits per heavy atom. The van der Waals surface area contributed by atoms with Crippen LogP contribution in [0.1, 0.15) is 86.9 Å². The van der Waals surface area contributed by atoms with E-state index in [1.807, 2.05) is 0 Å². The number of hydrogen-bond acceptors (Lipinski definition) is 0. The van der Waals surface area contributed by atoms with E-state index < -0.39 is 21.3 Å². The third kappa shape index (κ3) is 6.37. The SMILES string of the molecule is Cc1cc2c(cc1C(C)(C)C)-c1cc(C(C)(C)C)c(C)[c]([Zr+2](=[CH]Cc3ccccc3)[C]3=CC=CC3)c1C2.[Cl-].[Cl-]. The van der Waals surface area contributed by atoms with Crippen molar-refractivity contribution in [3.8, 4) is 11.1 Å². The second-order valence-electron chi connectivity index (χ2n) is 13.1. The molecular formula is C36H42Cl2Zr. The smallest absolute Gasteiger partial charge is 1.00 e. The summed E-state index contributed by atoms with van der Waals surface area (Å²) < 4.78 is 6.25. The molecule has 3 aromatic rings. The molecule has 0 aromatic heterocycles. The van der Waals surface area contributed by atoms with E-state index >= 15 is 0 Å². The van der Waals surface area contributed by atoms with Gasteiger partial charge in [0.2, 0.25) is 0 Å². The molecule has 0 aliphatic heterocycles. The van der Waals surface area contributed by atoms with Crippen molar-refractivity contribution in [1.29, 1.82) is 0 Å². The van der Waals surface area contributed by atoms with Gasteiger partial charge in [0.15, 0.2) is 0 Å². The molecule has 0 amide bonds. The van der Waals surface area contributed by atoms with Crippen LogP contribution in [0.4, 0.5) is 0 Å². The Balaban J connectivity index is 0.00000210. The summed E-state index contributed by atoms with van der Waals surface area (Å²) in [5.74, 6) is 0. The van der Waals surface area contributed by atoms with Crippen molar-refractivity contribution in [3.63, 3.8) is 0 Å². The molecule has 0 saturated carbocycles. The van der Waals surface area contributed by atoms with Gasteiger partial charge in [-0.1, -0.05) is 0 Å². The van der Waals surface area contributed by atoms with Crippen LogP contribution in [0, 0.1) is 13.8 Å². The summed E-state index contributed by atoms with van der Waals surface area (Å²) in [5.41, 5.74) is 13.9. The van der Waals surface area contributed by atoms with Crippen LogP contribution >= 0.6 is 0 Å². The van der Waals surface area contributed by atoms with Crippen LogP contribution in [-0.2, 0) is 44.9 Å². The van der Waals surface area contributed by atoms with Crippen molar-refractivity contribution in [2.75, 3.05) is 0 Å². The molecule has 5 rings (SSSR count). The molecule has 0 spiro atoms. The molecule has 3 aromatic carbocycles. The maximum absolute atomic E-state index is 2.78. The van der Waals surface area contributed by atoms with Crippen LogP contribution in [-0.4, -0.2) is 3.71 Å². The number of rotatable bonds is 4. The summed E-state index contributed by atoms with van der Waals surface area (Å²) in [6, 6.07) is 18.7. The van der Waals surface area contributed by atoms with Crippen LogP contribution in [0.2, 0.25) is 0 Å². The van der Waals surface area contributed by atoms with Crippen LogP contribution in [0.5, 0.6) is 0 Å². The van der Waals surface area contributed by atoms with Gasteiger partial charge < -0.3 is 24.8 Å². The van der Waals surface area contributed by atoms with Crippen molar-refractivity contribution < 1.29 is 46.1 Å². The summed E-state index contributed by atoms with van der Waals surface area (Å²) in [7, 11) is 0. The van der Waals surface area contributed by atoms with Crippen LogP contribution < -0.4 is 28.1 Å². The maximum atomic E-state index is 2.78. The first-order chi connectivity index (χ1) is 17.4. The van der Waals surface area contributed by atoms with Gasteiger partial charge in [-0.2, -0.15) is 0 Å². The number of allylic oxidation sites excluding steroid dienone is 4. The Kier molecular flexibility index (Phi) is 9.96. The average Bonchev–Trinajstić information content (AvgIpc) is 3.46. The van der Waals surface area contributed by atoms with E-state index in [2.05, 4.69) is 126 Å². The van der Waals surface area contributed by atoms with Crippen LogP contribution in [0.15, 0.2) is 70.0 Å². The van der Waals surface area contributed by atoms with Crippen LogP contribution in [0.3, 0.4) is 0 Å². The van der Waals surface area contributed by atoms with Gasteiger partial charge in [-0.05, 0) is 0 Å². The normalized spacial score (nSPS) is 13.9. The molecule has 39 heavy (non-hydrogen) atoms. The standard InChI is InChI=1S/C23H29.C8H8.C5H5.2ClH.Zr/c1-14-9-16-11-17-10-15(2)21(23(6,7)8)13-19(17)18(16)12-20(14)22(3,4)5;1-2-8-6-4-3-5-7-8;1-2-4-5-3-1;;;/h9,12-13H,11H2,1-8H3;1,3-7H,2H2;1-3H,4H2;2*1H;/q;;;;;+2/p-2. The van der Waals surface area contributed by atoms with Gasteiger partial charge in [-0.25, -0.2) is 0 Å². The molecule has 0 nitrogen and oxygen atoms in total. The van der Waals surface area contributed by atoms with E-state index in [0.29, 0.717) is 0 Å². The van der Waals surface area contributed by atoms with Gasteiger partial charge in [0.25, 0.3) is 0 Å². The summed E-state index contributed by atoms with van der Waals surface area (Å²) in [5, 5.41) is 0. The molecule has 0 N–H and O–H groups in total. The predicted octanol–water partition coefficient (Wildman–Crippen LogP) is 2.61. The topological polar surface area (TPSA) is 0 Å². The Bertz CT molecular complexity index is 1460. The number of hydrogen-bond donors (Lipinski definition) is 0. The minimum Gasteiger partial charge on any atom is -1.00 e. The number of benzene rings is 3. The Morgan fingerprint density at radius 2 is 1.46 bits per heavy atom. The van der Waals surface area contributed by atoms with Gasteiger partial charge in [-0.3, -0.25) is 0 Å². The Hall–Kier alpha value is -1.53. The predicted molar refractivity (Wildman–Crippen MR) is 159 cm³/mol. The van der Waals surface area contributed by atoms with E-state index in [4.69, 9.17) is 0 Å².